The minimum Gasteiger partial charge on any atom is -0.453 e. The average molecular weight is 319 g/mol. The lowest BCUT2D eigenvalue weighted by Gasteiger charge is -2.13. The summed E-state index contributed by atoms with van der Waals surface area (Å²) in [5.41, 5.74) is 0.627. The Bertz CT molecular complexity index is 773. The van der Waals surface area contributed by atoms with E-state index in [0.717, 1.165) is 25.7 Å². The van der Waals surface area contributed by atoms with Crippen LogP contribution in [0.4, 0.5) is 0 Å². The molecule has 0 aliphatic heterocycles. The lowest BCUT2D eigenvalue weighted by molar-refractivity contribution is 0.110. The molecule has 0 saturated heterocycles. The van der Waals surface area contributed by atoms with Crippen molar-refractivity contribution in [1.82, 2.24) is 4.72 Å². The zero-order valence-corrected chi connectivity index (χ0v) is 12.8. The van der Waals surface area contributed by atoms with Crippen molar-refractivity contribution in [2.45, 2.75) is 36.6 Å². The second-order valence-corrected chi connectivity index (χ2v) is 7.16. The first kappa shape index (κ1) is 15.0. The van der Waals surface area contributed by atoms with Gasteiger partial charge < -0.3 is 4.42 Å². The number of furan rings is 1. The van der Waals surface area contributed by atoms with Crippen molar-refractivity contribution in [2.75, 3.05) is 0 Å². The van der Waals surface area contributed by atoms with Crippen LogP contribution in [0.5, 0.6) is 0 Å². The Labute approximate surface area is 129 Å². The Morgan fingerprint density at radius 2 is 1.91 bits per heavy atom. The third-order valence-corrected chi connectivity index (χ3v) is 5.37. The standard InChI is InChI=1S/C16H17NO4S/c18-11-14-8-9-16(21-14)12-4-3-7-15(10-12)22(19,20)17-13-5-1-2-6-13/h3-4,7-11,13,17H,1-2,5-6H2. The normalized spacial score (nSPS) is 16.0. The molecule has 0 unspecified atom stereocenters. The highest BCUT2D eigenvalue weighted by Crippen LogP contribution is 2.25. The van der Waals surface area contributed by atoms with Crippen molar-refractivity contribution >= 4 is 16.3 Å². The zero-order valence-electron chi connectivity index (χ0n) is 12.0. The van der Waals surface area contributed by atoms with Crippen LogP contribution in [0.3, 0.4) is 0 Å². The molecule has 1 fully saturated rings. The largest absolute Gasteiger partial charge is 0.453 e. The summed E-state index contributed by atoms with van der Waals surface area (Å²) in [7, 11) is -3.53. The Hall–Kier alpha value is -1.92. The Morgan fingerprint density at radius 3 is 2.59 bits per heavy atom. The highest BCUT2D eigenvalue weighted by Gasteiger charge is 2.23. The number of carbonyl (C=O) groups is 1. The molecule has 0 radical (unpaired) electrons. The van der Waals surface area contributed by atoms with Crippen molar-refractivity contribution < 1.29 is 17.6 Å². The van der Waals surface area contributed by atoms with Crippen LogP contribution in [0.25, 0.3) is 11.3 Å². The summed E-state index contributed by atoms with van der Waals surface area (Å²) in [4.78, 5) is 10.9. The molecule has 0 atom stereocenters. The summed E-state index contributed by atoms with van der Waals surface area (Å²) >= 11 is 0. The molecule has 1 aliphatic rings. The van der Waals surface area contributed by atoms with E-state index in [1.807, 2.05) is 0 Å². The molecule has 116 valence electrons. The molecule has 3 rings (SSSR count). The summed E-state index contributed by atoms with van der Waals surface area (Å²) in [5, 5.41) is 0. The van der Waals surface area contributed by atoms with Gasteiger partial charge in [-0.15, -0.1) is 0 Å². The lowest BCUT2D eigenvalue weighted by atomic mass is 10.2. The molecule has 5 nitrogen and oxygen atoms in total. The second kappa shape index (κ2) is 6.06. The molecular weight excluding hydrogens is 302 g/mol. The van der Waals surface area contributed by atoms with E-state index in [9.17, 15) is 13.2 Å². The number of sulfonamides is 1. The van der Waals surface area contributed by atoms with Crippen LogP contribution in [-0.4, -0.2) is 20.7 Å². The molecule has 2 aromatic rings. The van der Waals surface area contributed by atoms with Crippen LogP contribution in [0, 0.1) is 0 Å². The maximum atomic E-state index is 12.4. The summed E-state index contributed by atoms with van der Waals surface area (Å²) in [6.45, 7) is 0. The van der Waals surface area contributed by atoms with Gasteiger partial charge in [0.2, 0.25) is 10.0 Å². The van der Waals surface area contributed by atoms with Crippen molar-refractivity contribution in [3.63, 3.8) is 0 Å². The van der Waals surface area contributed by atoms with E-state index in [0.29, 0.717) is 17.6 Å². The molecule has 1 N–H and O–H groups in total. The van der Waals surface area contributed by atoms with E-state index in [1.165, 1.54) is 0 Å². The fourth-order valence-corrected chi connectivity index (χ4v) is 4.07. The summed E-state index contributed by atoms with van der Waals surface area (Å²) in [6.07, 6.45) is 4.52. The summed E-state index contributed by atoms with van der Waals surface area (Å²) in [6, 6.07) is 9.78. The topological polar surface area (TPSA) is 76.4 Å². The predicted octanol–water partition coefficient (Wildman–Crippen LogP) is 2.98. The van der Waals surface area contributed by atoms with E-state index in [2.05, 4.69) is 4.72 Å². The van der Waals surface area contributed by atoms with Gasteiger partial charge in [0.25, 0.3) is 0 Å². The summed E-state index contributed by atoms with van der Waals surface area (Å²) < 4.78 is 33.0. The number of rotatable bonds is 5. The Morgan fingerprint density at radius 1 is 1.14 bits per heavy atom. The van der Waals surface area contributed by atoms with Gasteiger partial charge in [-0.25, -0.2) is 13.1 Å². The number of hydrogen-bond acceptors (Lipinski definition) is 4. The molecule has 1 saturated carbocycles. The van der Waals surface area contributed by atoms with E-state index in [4.69, 9.17) is 4.42 Å². The molecular formula is C16H17NO4S. The van der Waals surface area contributed by atoms with Gasteiger partial charge in [0.05, 0.1) is 4.90 Å². The number of aldehydes is 1. The van der Waals surface area contributed by atoms with Gasteiger partial charge in [0.15, 0.2) is 12.0 Å². The van der Waals surface area contributed by atoms with Crippen molar-refractivity contribution in [3.8, 4) is 11.3 Å². The monoisotopic (exact) mass is 319 g/mol. The fraction of sp³-hybridized carbons (Fsp3) is 0.312. The molecule has 1 aromatic carbocycles. The molecule has 6 heteroatoms. The van der Waals surface area contributed by atoms with Gasteiger partial charge >= 0.3 is 0 Å². The first-order valence-corrected chi connectivity index (χ1v) is 8.74. The van der Waals surface area contributed by atoms with Gasteiger partial charge in [-0.3, -0.25) is 4.79 Å². The smallest absolute Gasteiger partial charge is 0.240 e. The van der Waals surface area contributed by atoms with Crippen LogP contribution in [-0.2, 0) is 10.0 Å². The van der Waals surface area contributed by atoms with Gasteiger partial charge in [0, 0.05) is 11.6 Å². The minimum absolute atomic E-state index is 0.0268. The van der Waals surface area contributed by atoms with E-state index >= 15 is 0 Å². The van der Waals surface area contributed by atoms with Crippen LogP contribution in [0.15, 0.2) is 45.7 Å². The maximum Gasteiger partial charge on any atom is 0.240 e. The van der Waals surface area contributed by atoms with Crippen molar-refractivity contribution in [3.05, 3.63) is 42.2 Å². The third-order valence-electron chi connectivity index (χ3n) is 3.85. The average Bonchev–Trinajstić information content (AvgIpc) is 3.18. The quantitative estimate of drug-likeness (QED) is 0.860. The summed E-state index contributed by atoms with van der Waals surface area (Å²) in [5.74, 6) is 0.687. The number of nitrogens with one attached hydrogen (secondary N) is 1. The predicted molar refractivity (Wildman–Crippen MR) is 82.1 cm³/mol. The van der Waals surface area contributed by atoms with Gasteiger partial charge in [-0.2, -0.15) is 0 Å². The molecule has 0 amide bonds. The van der Waals surface area contributed by atoms with E-state index < -0.39 is 10.0 Å². The Balaban J connectivity index is 1.88. The van der Waals surface area contributed by atoms with Gasteiger partial charge in [0.1, 0.15) is 5.76 Å². The van der Waals surface area contributed by atoms with Crippen molar-refractivity contribution in [2.24, 2.45) is 0 Å². The van der Waals surface area contributed by atoms with E-state index in [1.54, 1.807) is 36.4 Å². The minimum atomic E-state index is -3.53. The highest BCUT2D eigenvalue weighted by molar-refractivity contribution is 7.89. The van der Waals surface area contributed by atoms with Crippen LogP contribution < -0.4 is 4.72 Å². The van der Waals surface area contributed by atoms with Crippen LogP contribution in [0.2, 0.25) is 0 Å². The lowest BCUT2D eigenvalue weighted by Crippen LogP contribution is -2.32. The van der Waals surface area contributed by atoms with Gasteiger partial charge in [-0.05, 0) is 37.1 Å². The van der Waals surface area contributed by atoms with Crippen LogP contribution in [0.1, 0.15) is 36.2 Å². The number of hydrogen-bond donors (Lipinski definition) is 1. The zero-order chi connectivity index (χ0) is 15.6. The van der Waals surface area contributed by atoms with Gasteiger partial charge in [-0.1, -0.05) is 25.0 Å². The third kappa shape index (κ3) is 3.13. The van der Waals surface area contributed by atoms with Crippen LogP contribution >= 0.6 is 0 Å². The second-order valence-electron chi connectivity index (χ2n) is 5.45. The highest BCUT2D eigenvalue weighted by atomic mass is 32.2. The molecule has 0 spiro atoms. The maximum absolute atomic E-state index is 12.4. The number of benzene rings is 1. The first-order chi connectivity index (χ1) is 10.6. The first-order valence-electron chi connectivity index (χ1n) is 7.26. The SMILES string of the molecule is O=Cc1ccc(-c2cccc(S(=O)(=O)NC3CCCC3)c2)o1. The molecule has 22 heavy (non-hydrogen) atoms. The molecule has 1 aromatic heterocycles. The molecule has 1 heterocycles. The number of carbonyl (C=O) groups excluding carboxylic acids is 1. The Kier molecular flexibility index (Phi) is 4.13. The molecule has 1 aliphatic carbocycles. The van der Waals surface area contributed by atoms with E-state index in [-0.39, 0.29) is 16.7 Å². The van der Waals surface area contributed by atoms with Crippen molar-refractivity contribution in [1.29, 1.82) is 0 Å². The fourth-order valence-electron chi connectivity index (χ4n) is 2.72. The molecule has 0 bridgehead atoms.